The van der Waals surface area contributed by atoms with Crippen LogP contribution in [-0.2, 0) is 19.1 Å². The fourth-order valence-electron chi connectivity index (χ4n) is 9.43. The minimum atomic E-state index is -0.778. The van der Waals surface area contributed by atoms with Crippen molar-refractivity contribution in [2.24, 2.45) is 0 Å². The Morgan fingerprint density at radius 3 is 0.844 bits per heavy atom. The van der Waals surface area contributed by atoms with Gasteiger partial charge in [0.15, 0.2) is 6.10 Å². The number of rotatable bonds is 60. The first-order valence-corrected chi connectivity index (χ1v) is 32.9. The predicted molar refractivity (Wildman–Crippen MR) is 339 cm³/mol. The lowest BCUT2D eigenvalue weighted by molar-refractivity contribution is -0.161. The van der Waals surface area contributed by atoms with Crippen molar-refractivity contribution in [3.63, 3.8) is 0 Å². The number of esters is 2. The van der Waals surface area contributed by atoms with Crippen molar-refractivity contribution >= 4 is 11.9 Å². The van der Waals surface area contributed by atoms with Crippen LogP contribution >= 0.6 is 0 Å². The summed E-state index contributed by atoms with van der Waals surface area (Å²) in [4.78, 5) is 24.6. The zero-order chi connectivity index (χ0) is 55.5. The number of aliphatic hydroxyl groups excluding tert-OH is 1. The molecule has 0 bridgehead atoms. The molecule has 0 aliphatic rings. The average molecular weight is 1070 g/mol. The number of aliphatic hydroxyl groups is 1. The lowest BCUT2D eigenvalue weighted by atomic mass is 10.0. The van der Waals surface area contributed by atoms with Crippen LogP contribution in [0.2, 0.25) is 0 Å². The van der Waals surface area contributed by atoms with Crippen molar-refractivity contribution in [3.05, 3.63) is 109 Å². The van der Waals surface area contributed by atoms with Crippen LogP contribution in [-0.4, -0.2) is 36.4 Å². The van der Waals surface area contributed by atoms with Gasteiger partial charge in [-0.05, 0) is 83.5 Å². The standard InChI is InChI=1S/C72H124O5/c1-3-5-7-9-11-13-15-17-19-21-23-25-27-29-30-31-32-33-34-35-36-37-38-39-40-41-42-43-45-47-49-51-53-55-57-59-61-63-65-67-72(75)77-70(68-73)69-76-71(74)66-64-62-60-58-56-54-52-50-48-46-44-28-26-24-22-20-18-16-14-12-10-8-6-4-2/h5,7,11,13,17,19,23,25,29-30,32-33,35-36,38-39,41-42,70,73H,3-4,6,8-10,12,14-16,18,20-22,24,26-28,31,34,37,40,43-69H2,1-2H3/b7-5-,13-11-,19-17-,25-23-,30-29-,33-32-,36-35-,39-38-,42-41-. The molecule has 0 spiro atoms. The van der Waals surface area contributed by atoms with E-state index in [4.69, 9.17) is 9.47 Å². The Balaban J connectivity index is 3.51. The van der Waals surface area contributed by atoms with Gasteiger partial charge in [0.1, 0.15) is 6.61 Å². The van der Waals surface area contributed by atoms with Gasteiger partial charge in [-0.1, -0.05) is 329 Å². The minimum Gasteiger partial charge on any atom is -0.462 e. The van der Waals surface area contributed by atoms with Crippen molar-refractivity contribution < 1.29 is 24.2 Å². The van der Waals surface area contributed by atoms with Crippen LogP contribution in [0.4, 0.5) is 0 Å². The molecule has 0 amide bonds. The maximum atomic E-state index is 12.3. The van der Waals surface area contributed by atoms with Gasteiger partial charge in [-0.15, -0.1) is 0 Å². The summed E-state index contributed by atoms with van der Waals surface area (Å²) < 4.78 is 10.7. The fourth-order valence-corrected chi connectivity index (χ4v) is 9.43. The second kappa shape index (κ2) is 66.8. The second-order valence-electron chi connectivity index (χ2n) is 21.8. The molecule has 1 unspecified atom stereocenters. The molecule has 1 atom stereocenters. The molecule has 442 valence electrons. The Morgan fingerprint density at radius 2 is 0.558 bits per heavy atom. The molecule has 77 heavy (non-hydrogen) atoms. The normalized spacial score (nSPS) is 12.9. The first-order valence-electron chi connectivity index (χ1n) is 32.9. The highest BCUT2D eigenvalue weighted by Crippen LogP contribution is 2.17. The Bertz CT molecular complexity index is 1490. The molecule has 1 N–H and O–H groups in total. The molecule has 0 rings (SSSR count). The summed E-state index contributed by atoms with van der Waals surface area (Å²) in [7, 11) is 0. The molecular weight excluding hydrogens is 945 g/mol. The van der Waals surface area contributed by atoms with Gasteiger partial charge in [-0.3, -0.25) is 9.59 Å². The van der Waals surface area contributed by atoms with Gasteiger partial charge in [0.25, 0.3) is 0 Å². The van der Waals surface area contributed by atoms with E-state index in [1.807, 2.05) is 0 Å². The molecule has 0 aromatic rings. The topological polar surface area (TPSA) is 72.8 Å². The van der Waals surface area contributed by atoms with E-state index in [9.17, 15) is 14.7 Å². The summed E-state index contributed by atoms with van der Waals surface area (Å²) in [5, 5.41) is 9.69. The summed E-state index contributed by atoms with van der Waals surface area (Å²) in [6.45, 7) is 4.06. The van der Waals surface area contributed by atoms with Gasteiger partial charge >= 0.3 is 11.9 Å². The molecule has 0 saturated heterocycles. The first kappa shape index (κ1) is 73.6. The Hall–Kier alpha value is -3.44. The minimum absolute atomic E-state index is 0.0673. The van der Waals surface area contributed by atoms with E-state index in [1.165, 1.54) is 193 Å². The van der Waals surface area contributed by atoms with E-state index in [0.717, 1.165) is 96.3 Å². The smallest absolute Gasteiger partial charge is 0.306 e. The molecule has 0 aromatic carbocycles. The Morgan fingerprint density at radius 1 is 0.312 bits per heavy atom. The van der Waals surface area contributed by atoms with E-state index < -0.39 is 6.10 Å². The van der Waals surface area contributed by atoms with Gasteiger partial charge in [-0.25, -0.2) is 0 Å². The monoisotopic (exact) mass is 1070 g/mol. The fraction of sp³-hybridized carbons (Fsp3) is 0.722. The quantitative estimate of drug-likeness (QED) is 0.0373. The van der Waals surface area contributed by atoms with Crippen molar-refractivity contribution in [3.8, 4) is 0 Å². The van der Waals surface area contributed by atoms with Crippen LogP contribution in [0.15, 0.2) is 109 Å². The summed E-state index contributed by atoms with van der Waals surface area (Å²) in [6.07, 6.45) is 96.7. The molecule has 0 aliphatic carbocycles. The Kier molecular flexibility index (Phi) is 63.9. The summed E-state index contributed by atoms with van der Waals surface area (Å²) in [6, 6.07) is 0. The van der Waals surface area contributed by atoms with E-state index in [0.29, 0.717) is 12.8 Å². The van der Waals surface area contributed by atoms with Crippen molar-refractivity contribution in [1.82, 2.24) is 0 Å². The lowest BCUT2D eigenvalue weighted by Gasteiger charge is -2.15. The van der Waals surface area contributed by atoms with Gasteiger partial charge < -0.3 is 14.6 Å². The first-order chi connectivity index (χ1) is 38.1. The number of carbonyl (C=O) groups is 2. The van der Waals surface area contributed by atoms with Gasteiger partial charge in [-0.2, -0.15) is 0 Å². The maximum Gasteiger partial charge on any atom is 0.306 e. The number of ether oxygens (including phenoxy) is 2. The molecule has 0 radical (unpaired) electrons. The van der Waals surface area contributed by atoms with E-state index in [2.05, 4.69) is 123 Å². The van der Waals surface area contributed by atoms with Crippen LogP contribution in [0.5, 0.6) is 0 Å². The van der Waals surface area contributed by atoms with Crippen molar-refractivity contribution in [2.75, 3.05) is 13.2 Å². The Labute approximate surface area is 478 Å². The maximum absolute atomic E-state index is 12.3. The molecule has 5 heteroatoms. The van der Waals surface area contributed by atoms with Gasteiger partial charge in [0.05, 0.1) is 6.61 Å². The molecule has 0 fully saturated rings. The molecular formula is C72H124O5. The average Bonchev–Trinajstić information content (AvgIpc) is 3.43. The van der Waals surface area contributed by atoms with Gasteiger partial charge in [0, 0.05) is 12.8 Å². The highest BCUT2D eigenvalue weighted by atomic mass is 16.6. The largest absolute Gasteiger partial charge is 0.462 e. The third kappa shape index (κ3) is 65.0. The van der Waals surface area contributed by atoms with Crippen LogP contribution < -0.4 is 0 Å². The van der Waals surface area contributed by atoms with E-state index in [-0.39, 0.29) is 25.2 Å². The summed E-state index contributed by atoms with van der Waals surface area (Å²) in [5.41, 5.74) is 0. The summed E-state index contributed by atoms with van der Waals surface area (Å²) in [5.74, 6) is -0.584. The lowest BCUT2D eigenvalue weighted by Crippen LogP contribution is -2.28. The van der Waals surface area contributed by atoms with Crippen LogP contribution in [0, 0.1) is 0 Å². The second-order valence-corrected chi connectivity index (χ2v) is 21.8. The highest BCUT2D eigenvalue weighted by Gasteiger charge is 2.16. The van der Waals surface area contributed by atoms with E-state index >= 15 is 0 Å². The van der Waals surface area contributed by atoms with Crippen molar-refractivity contribution in [2.45, 2.75) is 322 Å². The molecule has 0 aromatic heterocycles. The van der Waals surface area contributed by atoms with Crippen LogP contribution in [0.1, 0.15) is 316 Å². The zero-order valence-electron chi connectivity index (χ0n) is 50.7. The number of allylic oxidation sites excluding steroid dienone is 18. The van der Waals surface area contributed by atoms with Gasteiger partial charge in [0.2, 0.25) is 0 Å². The molecule has 0 aliphatic heterocycles. The van der Waals surface area contributed by atoms with Crippen molar-refractivity contribution in [1.29, 1.82) is 0 Å². The number of hydrogen-bond donors (Lipinski definition) is 1. The van der Waals surface area contributed by atoms with Crippen LogP contribution in [0.3, 0.4) is 0 Å². The zero-order valence-corrected chi connectivity index (χ0v) is 50.7. The number of unbranched alkanes of at least 4 members (excludes halogenated alkanes) is 34. The SMILES string of the molecule is CC/C=C\C/C=C\C/C=C\C/C=C\C/C=C\C/C=C\C/C=C\C/C=C\C/C=C\CCCCCCCCCCCCCC(=O)OC(CO)COC(=O)CCCCCCCCCCCCCCCCCCCCCCCCCC. The molecule has 0 saturated carbocycles. The third-order valence-corrected chi connectivity index (χ3v) is 14.3. The predicted octanol–water partition coefficient (Wildman–Crippen LogP) is 22.8. The van der Waals surface area contributed by atoms with E-state index in [1.54, 1.807) is 0 Å². The van der Waals surface area contributed by atoms with Crippen LogP contribution in [0.25, 0.3) is 0 Å². The number of hydrogen-bond acceptors (Lipinski definition) is 5. The third-order valence-electron chi connectivity index (χ3n) is 14.3. The number of carbonyl (C=O) groups excluding carboxylic acids is 2. The molecule has 0 heterocycles. The molecule has 5 nitrogen and oxygen atoms in total. The summed E-state index contributed by atoms with van der Waals surface area (Å²) >= 11 is 0. The highest BCUT2D eigenvalue weighted by molar-refractivity contribution is 5.70.